The first-order valence-electron chi connectivity index (χ1n) is 3.45. The average molecular weight is 183 g/mol. The summed E-state index contributed by atoms with van der Waals surface area (Å²) in [5.74, 6) is 0.636. The quantitative estimate of drug-likeness (QED) is 0.687. The maximum Gasteiger partial charge on any atom is 0.205 e. The molecule has 0 N–H and O–H groups in total. The molecule has 0 saturated heterocycles. The molecule has 1 aromatic carbocycles. The lowest BCUT2D eigenvalue weighted by Crippen LogP contribution is -1.74. The maximum absolute atomic E-state index is 12.6. The van der Waals surface area contributed by atoms with Crippen molar-refractivity contribution in [3.8, 4) is 0 Å². The highest BCUT2D eigenvalue weighted by molar-refractivity contribution is 7.79. The van der Waals surface area contributed by atoms with E-state index in [2.05, 4.69) is 17.6 Å². The van der Waals surface area contributed by atoms with Crippen molar-refractivity contribution >= 4 is 23.7 Å². The predicted octanol–water partition coefficient (Wildman–Crippen LogP) is 2.40. The SMILES string of the molecule is Fc1ccc2oc(CS)nc2c1. The van der Waals surface area contributed by atoms with Gasteiger partial charge in [-0.25, -0.2) is 9.37 Å². The van der Waals surface area contributed by atoms with Crippen molar-refractivity contribution < 1.29 is 8.81 Å². The molecule has 0 atom stereocenters. The van der Waals surface area contributed by atoms with Crippen LogP contribution in [0.4, 0.5) is 4.39 Å². The standard InChI is InChI=1S/C8H6FNOS/c9-5-1-2-7-6(3-5)10-8(4-12)11-7/h1-3,12H,4H2. The zero-order valence-electron chi connectivity index (χ0n) is 6.12. The van der Waals surface area contributed by atoms with E-state index < -0.39 is 0 Å². The van der Waals surface area contributed by atoms with E-state index >= 15 is 0 Å². The summed E-state index contributed by atoms with van der Waals surface area (Å²) in [7, 11) is 0. The molecule has 0 radical (unpaired) electrons. The minimum Gasteiger partial charge on any atom is -0.440 e. The monoisotopic (exact) mass is 183 g/mol. The van der Waals surface area contributed by atoms with Gasteiger partial charge in [0.1, 0.15) is 11.3 Å². The molecule has 0 aliphatic rings. The topological polar surface area (TPSA) is 26.0 Å². The van der Waals surface area contributed by atoms with Crippen LogP contribution in [-0.2, 0) is 5.75 Å². The largest absolute Gasteiger partial charge is 0.440 e. The fourth-order valence-corrected chi connectivity index (χ4v) is 1.15. The molecule has 0 bridgehead atoms. The minimum absolute atomic E-state index is 0.304. The molecular weight excluding hydrogens is 177 g/mol. The molecule has 1 heterocycles. The second-order valence-corrected chi connectivity index (χ2v) is 2.69. The van der Waals surface area contributed by atoms with Gasteiger partial charge in [-0.3, -0.25) is 0 Å². The van der Waals surface area contributed by atoms with Gasteiger partial charge in [0.05, 0.1) is 5.75 Å². The van der Waals surface area contributed by atoms with Gasteiger partial charge >= 0.3 is 0 Å². The molecule has 0 aliphatic heterocycles. The van der Waals surface area contributed by atoms with E-state index in [1.165, 1.54) is 12.1 Å². The Morgan fingerprint density at radius 3 is 3.08 bits per heavy atom. The second kappa shape index (κ2) is 2.79. The summed E-state index contributed by atoms with van der Waals surface area (Å²) in [5.41, 5.74) is 1.14. The first-order valence-corrected chi connectivity index (χ1v) is 4.08. The van der Waals surface area contributed by atoms with Gasteiger partial charge in [0.2, 0.25) is 5.89 Å². The first kappa shape index (κ1) is 7.61. The number of aromatic nitrogens is 1. The van der Waals surface area contributed by atoms with Gasteiger partial charge < -0.3 is 4.42 Å². The Kier molecular flexibility index (Phi) is 1.77. The van der Waals surface area contributed by atoms with E-state index in [0.29, 0.717) is 22.7 Å². The van der Waals surface area contributed by atoms with Gasteiger partial charge in [0.25, 0.3) is 0 Å². The summed E-state index contributed by atoms with van der Waals surface area (Å²) in [6, 6.07) is 4.24. The molecule has 1 aromatic heterocycles. The number of oxazole rings is 1. The number of fused-ring (bicyclic) bond motifs is 1. The molecular formula is C8H6FNOS. The van der Waals surface area contributed by atoms with Crippen molar-refractivity contribution in [2.75, 3.05) is 0 Å². The van der Waals surface area contributed by atoms with Crippen LogP contribution in [0.5, 0.6) is 0 Å². The third-order valence-electron chi connectivity index (χ3n) is 1.53. The predicted molar refractivity (Wildman–Crippen MR) is 46.7 cm³/mol. The van der Waals surface area contributed by atoms with Gasteiger partial charge in [-0.2, -0.15) is 12.6 Å². The summed E-state index contributed by atoms with van der Waals surface area (Å²) in [5, 5.41) is 0. The number of halogens is 1. The van der Waals surface area contributed by atoms with Crippen molar-refractivity contribution in [2.45, 2.75) is 5.75 Å². The molecule has 12 heavy (non-hydrogen) atoms. The molecule has 2 aromatic rings. The van der Waals surface area contributed by atoms with E-state index in [1.54, 1.807) is 6.07 Å². The van der Waals surface area contributed by atoms with Crippen LogP contribution in [0.2, 0.25) is 0 Å². The number of hydrogen-bond acceptors (Lipinski definition) is 3. The van der Waals surface area contributed by atoms with Gasteiger partial charge in [0.15, 0.2) is 5.58 Å². The first-order chi connectivity index (χ1) is 5.79. The summed E-state index contributed by atoms with van der Waals surface area (Å²) in [6.45, 7) is 0. The van der Waals surface area contributed by atoms with Crippen LogP contribution in [0.15, 0.2) is 22.6 Å². The van der Waals surface area contributed by atoms with Crippen molar-refractivity contribution in [3.05, 3.63) is 29.9 Å². The van der Waals surface area contributed by atoms with Crippen LogP contribution in [0.3, 0.4) is 0 Å². The zero-order chi connectivity index (χ0) is 8.55. The zero-order valence-corrected chi connectivity index (χ0v) is 7.01. The molecule has 0 fully saturated rings. The Labute approximate surface area is 73.8 Å². The Balaban J connectivity index is 2.67. The highest BCUT2D eigenvalue weighted by Crippen LogP contribution is 2.17. The molecule has 0 spiro atoms. The molecule has 4 heteroatoms. The van der Waals surface area contributed by atoms with Gasteiger partial charge in [0, 0.05) is 6.07 Å². The number of nitrogens with zero attached hydrogens (tertiary/aromatic N) is 1. The Morgan fingerprint density at radius 2 is 2.33 bits per heavy atom. The third-order valence-corrected chi connectivity index (χ3v) is 1.80. The second-order valence-electron chi connectivity index (χ2n) is 2.38. The van der Waals surface area contributed by atoms with Gasteiger partial charge in [-0.15, -0.1) is 0 Å². The molecule has 2 nitrogen and oxygen atoms in total. The fourth-order valence-electron chi connectivity index (χ4n) is 1.02. The smallest absolute Gasteiger partial charge is 0.205 e. The van der Waals surface area contributed by atoms with Crippen LogP contribution in [0, 0.1) is 5.82 Å². The van der Waals surface area contributed by atoms with Crippen molar-refractivity contribution in [1.29, 1.82) is 0 Å². The lowest BCUT2D eigenvalue weighted by Gasteiger charge is -1.84. The van der Waals surface area contributed by atoms with Gasteiger partial charge in [-0.1, -0.05) is 0 Å². The molecule has 0 amide bonds. The molecule has 62 valence electrons. The van der Waals surface area contributed by atoms with E-state index in [0.717, 1.165) is 0 Å². The Morgan fingerprint density at radius 1 is 1.50 bits per heavy atom. The summed E-state index contributed by atoms with van der Waals surface area (Å²) >= 11 is 4.00. The van der Waals surface area contributed by atoms with Gasteiger partial charge in [-0.05, 0) is 12.1 Å². The van der Waals surface area contributed by atoms with E-state index in [4.69, 9.17) is 4.42 Å². The summed E-state index contributed by atoms with van der Waals surface area (Å²) in [6.07, 6.45) is 0. The number of rotatable bonds is 1. The molecule has 0 unspecified atom stereocenters. The summed E-state index contributed by atoms with van der Waals surface area (Å²) < 4.78 is 17.9. The van der Waals surface area contributed by atoms with Crippen LogP contribution in [0.1, 0.15) is 5.89 Å². The van der Waals surface area contributed by atoms with Crippen molar-refractivity contribution in [1.82, 2.24) is 4.98 Å². The maximum atomic E-state index is 12.6. The lowest BCUT2D eigenvalue weighted by molar-refractivity contribution is 0.556. The minimum atomic E-state index is -0.304. The summed E-state index contributed by atoms with van der Waals surface area (Å²) in [4.78, 5) is 4.01. The van der Waals surface area contributed by atoms with E-state index in [1.807, 2.05) is 0 Å². The van der Waals surface area contributed by atoms with Crippen LogP contribution in [0.25, 0.3) is 11.1 Å². The fraction of sp³-hybridized carbons (Fsp3) is 0.125. The van der Waals surface area contributed by atoms with E-state index in [-0.39, 0.29) is 5.82 Å². The average Bonchev–Trinajstić information content (AvgIpc) is 2.46. The number of hydrogen-bond donors (Lipinski definition) is 1. The highest BCUT2D eigenvalue weighted by atomic mass is 32.1. The van der Waals surface area contributed by atoms with Crippen molar-refractivity contribution in [2.24, 2.45) is 0 Å². The van der Waals surface area contributed by atoms with E-state index in [9.17, 15) is 4.39 Å². The Hall–Kier alpha value is -1.03. The molecule has 0 saturated carbocycles. The van der Waals surface area contributed by atoms with Crippen LogP contribution >= 0.6 is 12.6 Å². The van der Waals surface area contributed by atoms with Crippen LogP contribution in [-0.4, -0.2) is 4.98 Å². The number of benzene rings is 1. The number of thiol groups is 1. The van der Waals surface area contributed by atoms with Crippen molar-refractivity contribution in [3.63, 3.8) is 0 Å². The molecule has 0 aliphatic carbocycles. The van der Waals surface area contributed by atoms with Crippen LogP contribution < -0.4 is 0 Å². The Bertz CT molecular complexity index is 412. The highest BCUT2D eigenvalue weighted by Gasteiger charge is 2.03. The third kappa shape index (κ3) is 1.18. The lowest BCUT2D eigenvalue weighted by atomic mass is 10.3. The normalized spacial score (nSPS) is 10.8. The molecule has 2 rings (SSSR count).